The van der Waals surface area contributed by atoms with Crippen molar-refractivity contribution in [2.45, 2.75) is 12.1 Å². The smallest absolute Gasteiger partial charge is 0.263 e. The van der Waals surface area contributed by atoms with E-state index in [1.54, 1.807) is 0 Å². The Morgan fingerprint density at radius 1 is 0.792 bits per heavy atom. The Morgan fingerprint density at radius 3 is 1.92 bits per heavy atom. The van der Waals surface area contributed by atoms with Crippen molar-refractivity contribution in [3.63, 3.8) is 0 Å². The van der Waals surface area contributed by atoms with Crippen LogP contribution in [0.15, 0.2) is 58.9 Å². The van der Waals surface area contributed by atoms with E-state index in [1.165, 1.54) is 53.5 Å². The first-order valence-electron chi connectivity index (χ1n) is 7.15. The molecule has 0 N–H and O–H groups in total. The van der Waals surface area contributed by atoms with Gasteiger partial charge in [0, 0.05) is 0 Å². The minimum Gasteiger partial charge on any atom is -0.271 e. The molecule has 4 rings (SSSR count). The quantitative estimate of drug-likeness (QED) is 0.796. The number of anilines is 2. The zero-order valence-corrected chi connectivity index (χ0v) is 12.1. The average Bonchev–Trinajstić information content (AvgIpc) is 3.11. The van der Waals surface area contributed by atoms with Crippen molar-refractivity contribution in [3.8, 4) is 0 Å². The fourth-order valence-corrected chi connectivity index (χ4v) is 2.81. The highest BCUT2D eigenvalue weighted by Crippen LogP contribution is 2.34. The lowest BCUT2D eigenvalue weighted by Gasteiger charge is -2.20. The van der Waals surface area contributed by atoms with Gasteiger partial charge in [-0.15, -0.1) is 0 Å². The molecule has 2 aliphatic rings. The van der Waals surface area contributed by atoms with Gasteiger partial charge in [-0.2, -0.15) is 5.11 Å². The number of fused-ring (bicyclic) bond motifs is 1. The molecule has 0 bridgehead atoms. The normalized spacial score (nSPS) is 22.4. The molecule has 2 atom stereocenters. The van der Waals surface area contributed by atoms with Crippen LogP contribution in [-0.4, -0.2) is 23.9 Å². The zero-order valence-electron chi connectivity index (χ0n) is 12.1. The fraction of sp³-hybridized carbons (Fsp3) is 0.125. The molecule has 6 nitrogen and oxygen atoms in total. The second-order valence-corrected chi connectivity index (χ2v) is 5.40. The van der Waals surface area contributed by atoms with Gasteiger partial charge in [0.05, 0.1) is 11.4 Å². The Bertz CT molecular complexity index is 851. The summed E-state index contributed by atoms with van der Waals surface area (Å²) in [7, 11) is 0. The number of hydrogen-bond acceptors (Lipinski definition) is 5. The van der Waals surface area contributed by atoms with Gasteiger partial charge < -0.3 is 0 Å². The topological polar surface area (TPSA) is 65.3 Å². The van der Waals surface area contributed by atoms with Crippen molar-refractivity contribution in [3.05, 3.63) is 60.2 Å². The van der Waals surface area contributed by atoms with Crippen molar-refractivity contribution < 1.29 is 18.4 Å². The number of imide groups is 1. The SMILES string of the molecule is O=C1[C@@H]2[C@@H](N=NN2c2ccc(F)cc2)C(=O)N1c1ccc(F)cc1. The molecule has 120 valence electrons. The predicted molar refractivity (Wildman–Crippen MR) is 80.2 cm³/mol. The Balaban J connectivity index is 1.69. The molecule has 2 aliphatic heterocycles. The highest BCUT2D eigenvalue weighted by molar-refractivity contribution is 6.26. The van der Waals surface area contributed by atoms with Gasteiger partial charge in [0.1, 0.15) is 11.6 Å². The number of carbonyl (C=O) groups is 2. The van der Waals surface area contributed by atoms with Crippen LogP contribution in [0.2, 0.25) is 0 Å². The maximum Gasteiger partial charge on any atom is 0.263 e. The number of benzene rings is 2. The number of carbonyl (C=O) groups excluding carboxylic acids is 2. The summed E-state index contributed by atoms with van der Waals surface area (Å²) in [6.07, 6.45) is 0. The summed E-state index contributed by atoms with van der Waals surface area (Å²) in [5, 5.41) is 9.04. The summed E-state index contributed by atoms with van der Waals surface area (Å²) >= 11 is 0. The molecule has 2 aromatic rings. The number of halogens is 2. The van der Waals surface area contributed by atoms with Gasteiger partial charge in [-0.3, -0.25) is 9.59 Å². The summed E-state index contributed by atoms with van der Waals surface area (Å²) in [5.41, 5.74) is 0.727. The van der Waals surface area contributed by atoms with E-state index in [1.807, 2.05) is 0 Å². The summed E-state index contributed by atoms with van der Waals surface area (Å²) in [6, 6.07) is 8.53. The van der Waals surface area contributed by atoms with Crippen molar-refractivity contribution in [2.75, 3.05) is 9.91 Å². The van der Waals surface area contributed by atoms with Crippen LogP contribution in [0.1, 0.15) is 0 Å². The molecule has 24 heavy (non-hydrogen) atoms. The van der Waals surface area contributed by atoms with Gasteiger partial charge >= 0.3 is 0 Å². The van der Waals surface area contributed by atoms with E-state index in [0.717, 1.165) is 4.90 Å². The van der Waals surface area contributed by atoms with Crippen LogP contribution in [0.5, 0.6) is 0 Å². The van der Waals surface area contributed by atoms with Crippen LogP contribution in [0.25, 0.3) is 0 Å². The third kappa shape index (κ3) is 2.07. The molecule has 2 heterocycles. The summed E-state index contributed by atoms with van der Waals surface area (Å²) in [6.45, 7) is 0. The first-order valence-corrected chi connectivity index (χ1v) is 7.15. The Labute approximate surface area is 135 Å². The first kappa shape index (κ1) is 14.4. The lowest BCUT2D eigenvalue weighted by Crippen LogP contribution is -2.39. The molecule has 0 radical (unpaired) electrons. The van der Waals surface area contributed by atoms with Crippen LogP contribution >= 0.6 is 0 Å². The van der Waals surface area contributed by atoms with Crippen molar-refractivity contribution in [1.29, 1.82) is 0 Å². The maximum absolute atomic E-state index is 13.1. The van der Waals surface area contributed by atoms with Gasteiger partial charge in [-0.1, -0.05) is 5.22 Å². The van der Waals surface area contributed by atoms with Crippen LogP contribution in [0.4, 0.5) is 20.2 Å². The molecule has 0 spiro atoms. The molecule has 2 aromatic carbocycles. The highest BCUT2D eigenvalue weighted by atomic mass is 19.1. The summed E-state index contributed by atoms with van der Waals surface area (Å²) in [4.78, 5) is 26.2. The molecule has 1 fully saturated rings. The molecule has 0 unspecified atom stereocenters. The Hall–Kier alpha value is -3.16. The average molecular weight is 328 g/mol. The van der Waals surface area contributed by atoms with Crippen molar-refractivity contribution in [2.24, 2.45) is 10.3 Å². The molecule has 0 aliphatic carbocycles. The Kier molecular flexibility index (Phi) is 3.12. The summed E-state index contributed by atoms with van der Waals surface area (Å²) < 4.78 is 26.1. The predicted octanol–water partition coefficient (Wildman–Crippen LogP) is 2.46. The van der Waals surface area contributed by atoms with Crippen molar-refractivity contribution in [1.82, 2.24) is 0 Å². The van der Waals surface area contributed by atoms with Gasteiger partial charge in [0.25, 0.3) is 11.8 Å². The molecular formula is C16H10F2N4O2. The molecule has 1 saturated heterocycles. The van der Waals surface area contributed by atoms with Crippen LogP contribution in [0, 0.1) is 11.6 Å². The van der Waals surface area contributed by atoms with E-state index in [4.69, 9.17) is 0 Å². The third-order valence-corrected chi connectivity index (χ3v) is 3.96. The lowest BCUT2D eigenvalue weighted by molar-refractivity contribution is -0.121. The molecule has 0 saturated carbocycles. The zero-order chi connectivity index (χ0) is 16.8. The van der Waals surface area contributed by atoms with Crippen LogP contribution in [0.3, 0.4) is 0 Å². The fourth-order valence-electron chi connectivity index (χ4n) is 2.81. The van der Waals surface area contributed by atoms with Gasteiger partial charge in [0.15, 0.2) is 12.1 Å². The van der Waals surface area contributed by atoms with Gasteiger partial charge in [0.2, 0.25) is 0 Å². The molecule has 0 aromatic heterocycles. The minimum atomic E-state index is -0.965. The van der Waals surface area contributed by atoms with Crippen molar-refractivity contribution >= 4 is 23.2 Å². The minimum absolute atomic E-state index is 0.273. The van der Waals surface area contributed by atoms with E-state index in [-0.39, 0.29) is 5.69 Å². The number of nitrogens with zero attached hydrogens (tertiary/aromatic N) is 4. The van der Waals surface area contributed by atoms with E-state index in [2.05, 4.69) is 10.3 Å². The van der Waals surface area contributed by atoms with Crippen LogP contribution in [-0.2, 0) is 9.59 Å². The monoisotopic (exact) mass is 328 g/mol. The van der Waals surface area contributed by atoms with E-state index in [9.17, 15) is 18.4 Å². The standard InChI is InChI=1S/C16H10F2N4O2/c17-9-1-5-11(6-2-9)21-15(23)13-14(16(21)24)22(20-19-13)12-7-3-10(18)4-8-12/h1-8,13-14H/t13-,14+/m1/s1. The first-order chi connectivity index (χ1) is 11.6. The third-order valence-electron chi connectivity index (χ3n) is 3.96. The summed E-state index contributed by atoms with van der Waals surface area (Å²) in [5.74, 6) is -1.92. The van der Waals surface area contributed by atoms with Gasteiger partial charge in [-0.05, 0) is 48.5 Å². The largest absolute Gasteiger partial charge is 0.271 e. The lowest BCUT2D eigenvalue weighted by atomic mass is 10.1. The van der Waals surface area contributed by atoms with E-state index >= 15 is 0 Å². The number of rotatable bonds is 2. The molecule has 8 heteroatoms. The molecular weight excluding hydrogens is 318 g/mol. The highest BCUT2D eigenvalue weighted by Gasteiger charge is 2.55. The second-order valence-electron chi connectivity index (χ2n) is 5.40. The van der Waals surface area contributed by atoms with E-state index < -0.39 is 35.5 Å². The number of amides is 2. The second kappa shape index (κ2) is 5.19. The van der Waals surface area contributed by atoms with E-state index in [0.29, 0.717) is 5.69 Å². The van der Waals surface area contributed by atoms with Crippen LogP contribution < -0.4 is 9.91 Å². The number of hydrogen-bond donors (Lipinski definition) is 0. The Morgan fingerprint density at radius 2 is 1.33 bits per heavy atom. The maximum atomic E-state index is 13.1. The molecule has 2 amide bonds. The van der Waals surface area contributed by atoms with Gasteiger partial charge in [-0.25, -0.2) is 18.7 Å².